The fourth-order valence-corrected chi connectivity index (χ4v) is 2.55. The molecular weight excluding hydrogens is 281 g/mol. The maximum atomic E-state index is 12.8. The summed E-state index contributed by atoms with van der Waals surface area (Å²) in [6, 6.07) is 8.12. The topological polar surface area (TPSA) is 45.8 Å². The van der Waals surface area contributed by atoms with Crippen molar-refractivity contribution in [1.82, 2.24) is 9.97 Å². The van der Waals surface area contributed by atoms with Crippen molar-refractivity contribution in [1.29, 1.82) is 0 Å². The molecule has 1 aliphatic carbocycles. The largest absolute Gasteiger partial charge is 0.431 e. The zero-order valence-corrected chi connectivity index (χ0v) is 11.1. The van der Waals surface area contributed by atoms with Gasteiger partial charge in [-0.3, -0.25) is 0 Å². The second-order valence-corrected chi connectivity index (χ2v) is 5.20. The number of aromatic nitrogens is 2. The van der Waals surface area contributed by atoms with Gasteiger partial charge in [-0.05, 0) is 30.4 Å². The number of hydrogen-bond acceptors (Lipinski definition) is 2. The number of alkyl halides is 3. The highest BCUT2D eigenvalue weighted by Gasteiger charge is 2.33. The average Bonchev–Trinajstić information content (AvgIpc) is 2.35. The van der Waals surface area contributed by atoms with E-state index in [0.29, 0.717) is 11.5 Å². The molecule has 0 saturated heterocycles. The molecule has 1 aliphatic rings. The number of halogens is 3. The minimum atomic E-state index is -4.59. The molecule has 1 aromatic carbocycles. The van der Waals surface area contributed by atoms with Crippen molar-refractivity contribution < 1.29 is 13.2 Å². The lowest BCUT2D eigenvalue weighted by Gasteiger charge is -2.27. The van der Waals surface area contributed by atoms with E-state index in [-0.39, 0.29) is 5.69 Å². The minimum Gasteiger partial charge on any atom is -0.302 e. The molecule has 21 heavy (non-hydrogen) atoms. The van der Waals surface area contributed by atoms with E-state index >= 15 is 0 Å². The number of benzene rings is 1. The molecule has 1 heterocycles. The summed E-state index contributed by atoms with van der Waals surface area (Å²) in [5.41, 5.74) is -0.397. The van der Waals surface area contributed by atoms with Gasteiger partial charge < -0.3 is 4.98 Å². The maximum Gasteiger partial charge on any atom is 0.431 e. The Morgan fingerprint density at radius 2 is 1.90 bits per heavy atom. The standard InChI is InChI=1S/C15H13F3N2O/c16-15(17,18)13-8-12(19-14(21)20-13)11-7-2-1-6-10(11)9-4-3-5-9/h1-2,6-9H,3-5H2,(H,19,20,21). The molecule has 1 aromatic heterocycles. The Morgan fingerprint density at radius 1 is 1.19 bits per heavy atom. The number of nitrogens with zero attached hydrogens (tertiary/aromatic N) is 1. The summed E-state index contributed by atoms with van der Waals surface area (Å²) in [6.45, 7) is 0. The molecular formula is C15H13F3N2O. The molecule has 0 amide bonds. The zero-order chi connectivity index (χ0) is 15.0. The molecule has 0 atom stereocenters. The molecule has 0 unspecified atom stereocenters. The minimum absolute atomic E-state index is 0.0774. The third kappa shape index (κ3) is 2.70. The van der Waals surface area contributed by atoms with E-state index in [1.165, 1.54) is 0 Å². The summed E-state index contributed by atoms with van der Waals surface area (Å²) in [6.07, 6.45) is -1.43. The smallest absolute Gasteiger partial charge is 0.302 e. The van der Waals surface area contributed by atoms with Crippen LogP contribution in [0, 0.1) is 0 Å². The van der Waals surface area contributed by atoms with Gasteiger partial charge in [0.15, 0.2) is 0 Å². The lowest BCUT2D eigenvalue weighted by Crippen LogP contribution is -2.20. The Hall–Kier alpha value is -2.11. The predicted octanol–water partition coefficient (Wildman–Crippen LogP) is 3.72. The van der Waals surface area contributed by atoms with Crippen molar-refractivity contribution in [2.45, 2.75) is 31.4 Å². The molecule has 1 saturated carbocycles. The Balaban J connectivity index is 2.13. The highest BCUT2D eigenvalue weighted by atomic mass is 19.4. The number of rotatable bonds is 2. The van der Waals surface area contributed by atoms with Gasteiger partial charge in [-0.1, -0.05) is 30.7 Å². The molecule has 0 spiro atoms. The summed E-state index contributed by atoms with van der Waals surface area (Å²) in [5, 5.41) is 0. The van der Waals surface area contributed by atoms with Gasteiger partial charge in [0.25, 0.3) is 0 Å². The molecule has 1 N–H and O–H groups in total. The Labute approximate surface area is 118 Å². The highest BCUT2D eigenvalue weighted by Crippen LogP contribution is 2.41. The van der Waals surface area contributed by atoms with Crippen LogP contribution in [-0.2, 0) is 6.18 Å². The fourth-order valence-electron chi connectivity index (χ4n) is 2.55. The van der Waals surface area contributed by atoms with Crippen molar-refractivity contribution >= 4 is 0 Å². The molecule has 3 nitrogen and oxygen atoms in total. The second kappa shape index (κ2) is 5.02. The van der Waals surface area contributed by atoms with Gasteiger partial charge in [0.05, 0.1) is 5.69 Å². The number of H-pyrrole nitrogens is 1. The molecule has 0 bridgehead atoms. The first-order chi connectivity index (χ1) is 9.95. The van der Waals surface area contributed by atoms with Crippen molar-refractivity contribution in [3.8, 4) is 11.3 Å². The molecule has 0 radical (unpaired) electrons. The van der Waals surface area contributed by atoms with E-state index in [1.807, 2.05) is 12.1 Å². The average molecular weight is 294 g/mol. The monoisotopic (exact) mass is 294 g/mol. The lowest BCUT2D eigenvalue weighted by atomic mass is 9.78. The molecule has 1 fully saturated rings. The van der Waals surface area contributed by atoms with E-state index in [9.17, 15) is 18.0 Å². The van der Waals surface area contributed by atoms with E-state index in [4.69, 9.17) is 0 Å². The fraction of sp³-hybridized carbons (Fsp3) is 0.333. The summed E-state index contributed by atoms with van der Waals surface area (Å²) in [7, 11) is 0. The zero-order valence-electron chi connectivity index (χ0n) is 11.1. The van der Waals surface area contributed by atoms with E-state index in [0.717, 1.165) is 30.9 Å². The number of aromatic amines is 1. The van der Waals surface area contributed by atoms with Gasteiger partial charge in [-0.15, -0.1) is 0 Å². The van der Waals surface area contributed by atoms with Gasteiger partial charge in [-0.2, -0.15) is 18.2 Å². The molecule has 6 heteroatoms. The van der Waals surface area contributed by atoms with Crippen molar-refractivity contribution in [3.05, 3.63) is 52.1 Å². The summed E-state index contributed by atoms with van der Waals surface area (Å²) < 4.78 is 38.4. The normalized spacial score (nSPS) is 15.8. The first-order valence-corrected chi connectivity index (χ1v) is 6.73. The first kappa shape index (κ1) is 13.9. The third-order valence-corrected chi connectivity index (χ3v) is 3.83. The van der Waals surface area contributed by atoms with E-state index in [1.54, 1.807) is 17.1 Å². The molecule has 110 valence electrons. The van der Waals surface area contributed by atoms with Crippen LogP contribution in [-0.4, -0.2) is 9.97 Å². The summed E-state index contributed by atoms with van der Waals surface area (Å²) in [4.78, 5) is 16.9. The SMILES string of the molecule is O=c1nc(-c2ccccc2C2CCC2)cc(C(F)(F)F)[nH]1. The Bertz CT molecular complexity index is 717. The molecule has 0 aliphatic heterocycles. The Morgan fingerprint density at radius 3 is 2.52 bits per heavy atom. The van der Waals surface area contributed by atoms with Gasteiger partial charge in [-0.25, -0.2) is 4.79 Å². The summed E-state index contributed by atoms with van der Waals surface area (Å²) >= 11 is 0. The van der Waals surface area contributed by atoms with Crippen LogP contribution in [0.15, 0.2) is 35.1 Å². The van der Waals surface area contributed by atoms with Crippen LogP contribution in [0.4, 0.5) is 13.2 Å². The van der Waals surface area contributed by atoms with Gasteiger partial charge in [0.2, 0.25) is 0 Å². The van der Waals surface area contributed by atoms with Crippen molar-refractivity contribution in [2.24, 2.45) is 0 Å². The first-order valence-electron chi connectivity index (χ1n) is 6.73. The van der Waals surface area contributed by atoms with Crippen LogP contribution in [0.2, 0.25) is 0 Å². The van der Waals surface area contributed by atoms with Crippen molar-refractivity contribution in [2.75, 3.05) is 0 Å². The van der Waals surface area contributed by atoms with E-state index < -0.39 is 17.6 Å². The van der Waals surface area contributed by atoms with Crippen LogP contribution in [0.5, 0.6) is 0 Å². The van der Waals surface area contributed by atoms with Crippen LogP contribution < -0.4 is 5.69 Å². The molecule has 3 rings (SSSR count). The second-order valence-electron chi connectivity index (χ2n) is 5.20. The maximum absolute atomic E-state index is 12.8. The third-order valence-electron chi connectivity index (χ3n) is 3.83. The highest BCUT2D eigenvalue weighted by molar-refractivity contribution is 5.65. The predicted molar refractivity (Wildman–Crippen MR) is 71.9 cm³/mol. The van der Waals surface area contributed by atoms with E-state index in [2.05, 4.69) is 4.98 Å². The number of hydrogen-bond donors (Lipinski definition) is 1. The summed E-state index contributed by atoms with van der Waals surface area (Å²) in [5.74, 6) is 0.344. The Kier molecular flexibility index (Phi) is 3.31. The quantitative estimate of drug-likeness (QED) is 0.917. The van der Waals surface area contributed by atoms with Crippen LogP contribution in [0.3, 0.4) is 0 Å². The number of nitrogens with one attached hydrogen (secondary N) is 1. The van der Waals surface area contributed by atoms with Gasteiger partial charge in [0.1, 0.15) is 5.69 Å². The van der Waals surface area contributed by atoms with Gasteiger partial charge >= 0.3 is 11.9 Å². The van der Waals surface area contributed by atoms with Crippen LogP contribution >= 0.6 is 0 Å². The van der Waals surface area contributed by atoms with Gasteiger partial charge in [0, 0.05) is 5.56 Å². The van der Waals surface area contributed by atoms with Crippen LogP contribution in [0.25, 0.3) is 11.3 Å². The van der Waals surface area contributed by atoms with Crippen molar-refractivity contribution in [3.63, 3.8) is 0 Å². The lowest BCUT2D eigenvalue weighted by molar-refractivity contribution is -0.141. The van der Waals surface area contributed by atoms with Crippen LogP contribution in [0.1, 0.15) is 36.4 Å². The molecule has 2 aromatic rings.